The molecule has 0 aliphatic carbocycles. The second-order valence-corrected chi connectivity index (χ2v) is 9.80. The van der Waals surface area contributed by atoms with Gasteiger partial charge < -0.3 is 4.90 Å². The van der Waals surface area contributed by atoms with Gasteiger partial charge >= 0.3 is 0 Å². The molecule has 1 spiro atoms. The Morgan fingerprint density at radius 2 is 1.82 bits per heavy atom. The first-order chi connectivity index (χ1) is 13.4. The van der Waals surface area contributed by atoms with Crippen molar-refractivity contribution in [3.63, 3.8) is 0 Å². The predicted octanol–water partition coefficient (Wildman–Crippen LogP) is 2.71. The number of hydrogen-bond donors (Lipinski definition) is 0. The van der Waals surface area contributed by atoms with E-state index in [0.717, 1.165) is 18.4 Å². The van der Waals surface area contributed by atoms with Gasteiger partial charge in [0.05, 0.1) is 18.1 Å². The summed E-state index contributed by atoms with van der Waals surface area (Å²) in [5.41, 5.74) is 2.16. The summed E-state index contributed by atoms with van der Waals surface area (Å²) in [6.07, 6.45) is 4.60. The Labute approximate surface area is 165 Å². The second kappa shape index (κ2) is 7.40. The number of aromatic nitrogens is 2. The maximum atomic E-state index is 13.1. The molecule has 1 aromatic heterocycles. The highest BCUT2D eigenvalue weighted by Crippen LogP contribution is 2.43. The standard InChI is InChI=1S/C20H25FN4O2S/c1-2-11-28(26,27)25-14-16-5-3-4-6-18(16)20(15-25)7-9-24(10-8-20)19-22-12-17(21)13-23-19/h3-6,12-13H,2,7-11,14-15H2,1H3. The van der Waals surface area contributed by atoms with Gasteiger partial charge in [0, 0.05) is 31.6 Å². The molecule has 0 amide bonds. The van der Waals surface area contributed by atoms with E-state index in [2.05, 4.69) is 16.0 Å². The van der Waals surface area contributed by atoms with Crippen molar-refractivity contribution in [1.82, 2.24) is 14.3 Å². The fourth-order valence-electron chi connectivity index (χ4n) is 4.46. The molecule has 150 valence electrons. The summed E-state index contributed by atoms with van der Waals surface area (Å²) in [7, 11) is -3.27. The number of sulfonamides is 1. The largest absolute Gasteiger partial charge is 0.341 e. The number of halogens is 1. The Morgan fingerprint density at radius 1 is 1.14 bits per heavy atom. The lowest BCUT2D eigenvalue weighted by Gasteiger charge is -2.48. The van der Waals surface area contributed by atoms with Crippen molar-refractivity contribution in [2.75, 3.05) is 30.3 Å². The van der Waals surface area contributed by atoms with Gasteiger partial charge in [-0.15, -0.1) is 0 Å². The Balaban J connectivity index is 1.61. The molecule has 0 N–H and O–H groups in total. The Morgan fingerprint density at radius 3 is 2.50 bits per heavy atom. The van der Waals surface area contributed by atoms with Gasteiger partial charge in [-0.1, -0.05) is 31.2 Å². The Bertz CT molecular complexity index is 941. The summed E-state index contributed by atoms with van der Waals surface area (Å²) in [6.45, 7) is 4.28. The summed E-state index contributed by atoms with van der Waals surface area (Å²) in [5.74, 6) is 0.256. The van der Waals surface area contributed by atoms with E-state index in [1.807, 2.05) is 30.0 Å². The van der Waals surface area contributed by atoms with Crippen molar-refractivity contribution in [3.8, 4) is 0 Å². The Kier molecular flexibility index (Phi) is 5.09. The number of rotatable bonds is 4. The van der Waals surface area contributed by atoms with Crippen LogP contribution < -0.4 is 4.90 Å². The van der Waals surface area contributed by atoms with Crippen LogP contribution in [0.2, 0.25) is 0 Å². The van der Waals surface area contributed by atoms with E-state index in [0.29, 0.717) is 38.5 Å². The number of hydrogen-bond acceptors (Lipinski definition) is 5. The van der Waals surface area contributed by atoms with Crippen LogP contribution in [0.4, 0.5) is 10.3 Å². The topological polar surface area (TPSA) is 66.4 Å². The average molecular weight is 405 g/mol. The minimum absolute atomic E-state index is 0.181. The number of anilines is 1. The third kappa shape index (κ3) is 3.51. The van der Waals surface area contributed by atoms with Crippen molar-refractivity contribution in [3.05, 3.63) is 53.6 Å². The van der Waals surface area contributed by atoms with Crippen LogP contribution in [0.3, 0.4) is 0 Å². The molecule has 2 aliphatic rings. The summed E-state index contributed by atoms with van der Waals surface area (Å²) < 4.78 is 40.4. The van der Waals surface area contributed by atoms with Crippen LogP contribution in [0.1, 0.15) is 37.3 Å². The van der Waals surface area contributed by atoms with Crippen LogP contribution in [0, 0.1) is 5.82 Å². The van der Waals surface area contributed by atoms with Crippen LogP contribution >= 0.6 is 0 Å². The molecule has 2 aromatic rings. The summed E-state index contributed by atoms with van der Waals surface area (Å²) in [4.78, 5) is 10.2. The molecule has 8 heteroatoms. The van der Waals surface area contributed by atoms with E-state index < -0.39 is 15.8 Å². The molecule has 0 unspecified atom stereocenters. The summed E-state index contributed by atoms with van der Waals surface area (Å²) in [6, 6.07) is 8.19. The van der Waals surface area contributed by atoms with Crippen LogP contribution in [0.5, 0.6) is 0 Å². The maximum absolute atomic E-state index is 13.1. The highest BCUT2D eigenvalue weighted by molar-refractivity contribution is 7.89. The van der Waals surface area contributed by atoms with E-state index in [-0.39, 0.29) is 11.2 Å². The minimum atomic E-state index is -3.27. The molecule has 1 aromatic carbocycles. The summed E-state index contributed by atoms with van der Waals surface area (Å²) in [5, 5.41) is 0. The third-order valence-corrected chi connectivity index (χ3v) is 7.85. The molecule has 0 saturated carbocycles. The highest BCUT2D eigenvalue weighted by atomic mass is 32.2. The van der Waals surface area contributed by atoms with Gasteiger partial charge in [0.1, 0.15) is 0 Å². The minimum Gasteiger partial charge on any atom is -0.341 e. The number of fused-ring (bicyclic) bond motifs is 2. The quantitative estimate of drug-likeness (QED) is 0.784. The highest BCUT2D eigenvalue weighted by Gasteiger charge is 2.44. The molecule has 1 saturated heterocycles. The Hall–Kier alpha value is -2.06. The molecule has 0 atom stereocenters. The number of benzene rings is 1. The van der Waals surface area contributed by atoms with E-state index in [9.17, 15) is 12.8 Å². The smallest absolute Gasteiger partial charge is 0.225 e. The molecule has 6 nitrogen and oxygen atoms in total. The van der Waals surface area contributed by atoms with Gasteiger partial charge in [-0.3, -0.25) is 0 Å². The van der Waals surface area contributed by atoms with E-state index >= 15 is 0 Å². The first-order valence-electron chi connectivity index (χ1n) is 9.72. The lowest BCUT2D eigenvalue weighted by atomic mass is 9.69. The van der Waals surface area contributed by atoms with Crippen molar-refractivity contribution in [2.45, 2.75) is 38.1 Å². The maximum Gasteiger partial charge on any atom is 0.225 e. The zero-order valence-corrected chi connectivity index (χ0v) is 16.8. The third-order valence-electron chi connectivity index (χ3n) is 5.88. The molecular weight excluding hydrogens is 379 g/mol. The SMILES string of the molecule is CCCS(=O)(=O)N1Cc2ccccc2C2(CCN(c3ncc(F)cn3)CC2)C1. The fraction of sp³-hybridized carbons (Fsp3) is 0.500. The molecule has 0 bridgehead atoms. The molecular formula is C20H25FN4O2S. The van der Waals surface area contributed by atoms with Gasteiger partial charge in [0.2, 0.25) is 16.0 Å². The number of piperidine rings is 1. The second-order valence-electron chi connectivity index (χ2n) is 7.71. The molecule has 3 heterocycles. The van der Waals surface area contributed by atoms with Crippen molar-refractivity contribution in [2.24, 2.45) is 0 Å². The molecule has 2 aliphatic heterocycles. The van der Waals surface area contributed by atoms with E-state index in [1.165, 1.54) is 18.0 Å². The van der Waals surface area contributed by atoms with Gasteiger partial charge in [-0.05, 0) is 30.4 Å². The molecule has 0 radical (unpaired) electrons. The first-order valence-corrected chi connectivity index (χ1v) is 11.3. The first kappa shape index (κ1) is 19.3. The van der Waals surface area contributed by atoms with E-state index in [1.54, 1.807) is 4.31 Å². The molecule has 1 fully saturated rings. The lowest BCUT2D eigenvalue weighted by Crippen LogP contribution is -2.53. The van der Waals surface area contributed by atoms with Crippen LogP contribution in [-0.2, 0) is 22.0 Å². The van der Waals surface area contributed by atoms with Gasteiger partial charge in [-0.25, -0.2) is 22.8 Å². The normalized spacial score (nSPS) is 19.6. The zero-order chi connectivity index (χ0) is 19.8. The monoisotopic (exact) mass is 404 g/mol. The van der Waals surface area contributed by atoms with Crippen molar-refractivity contribution >= 4 is 16.0 Å². The van der Waals surface area contributed by atoms with Crippen molar-refractivity contribution < 1.29 is 12.8 Å². The van der Waals surface area contributed by atoms with Gasteiger partial charge in [0.25, 0.3) is 0 Å². The predicted molar refractivity (Wildman–Crippen MR) is 106 cm³/mol. The average Bonchev–Trinajstić information content (AvgIpc) is 2.69. The lowest BCUT2D eigenvalue weighted by molar-refractivity contribution is 0.225. The van der Waals surface area contributed by atoms with Gasteiger partial charge in [-0.2, -0.15) is 4.31 Å². The van der Waals surface area contributed by atoms with Crippen LogP contribution in [-0.4, -0.2) is 48.1 Å². The van der Waals surface area contributed by atoms with Crippen LogP contribution in [0.15, 0.2) is 36.7 Å². The van der Waals surface area contributed by atoms with Gasteiger partial charge in [0.15, 0.2) is 5.82 Å². The number of nitrogens with zero attached hydrogens (tertiary/aromatic N) is 4. The van der Waals surface area contributed by atoms with E-state index in [4.69, 9.17) is 0 Å². The molecule has 4 rings (SSSR count). The fourth-order valence-corrected chi connectivity index (χ4v) is 6.01. The van der Waals surface area contributed by atoms with Crippen LogP contribution in [0.25, 0.3) is 0 Å². The zero-order valence-electron chi connectivity index (χ0n) is 16.0. The summed E-state index contributed by atoms with van der Waals surface area (Å²) >= 11 is 0. The van der Waals surface area contributed by atoms with Crippen molar-refractivity contribution in [1.29, 1.82) is 0 Å². The molecule has 28 heavy (non-hydrogen) atoms.